The first-order valence-corrected chi connectivity index (χ1v) is 6.92. The van der Waals surface area contributed by atoms with Crippen molar-refractivity contribution in [2.75, 3.05) is 18.0 Å². The lowest BCUT2D eigenvalue weighted by atomic mass is 10.2. The highest BCUT2D eigenvalue weighted by Crippen LogP contribution is 2.19. The van der Waals surface area contributed by atoms with Crippen molar-refractivity contribution in [3.05, 3.63) is 22.9 Å². The van der Waals surface area contributed by atoms with Crippen molar-refractivity contribution >= 4 is 21.6 Å². The molecule has 0 bridgehead atoms. The van der Waals surface area contributed by atoms with Gasteiger partial charge in [-0.15, -0.1) is 0 Å². The van der Waals surface area contributed by atoms with E-state index in [-0.39, 0.29) is 0 Å². The number of unbranched alkanes of at least 4 members (excludes halogenated alkanes) is 2. The van der Waals surface area contributed by atoms with Crippen LogP contribution in [0, 0.1) is 0 Å². The third-order valence-corrected chi connectivity index (χ3v) is 3.05. The lowest BCUT2D eigenvalue weighted by Crippen LogP contribution is -2.25. The highest BCUT2D eigenvalue weighted by molar-refractivity contribution is 9.10. The summed E-state index contributed by atoms with van der Waals surface area (Å²) in [5.74, 6) is 0. The first-order chi connectivity index (χ1) is 7.77. The molecule has 0 N–H and O–H groups in total. The maximum Gasteiger partial charge on any atom is 0.0564 e. The van der Waals surface area contributed by atoms with Crippen LogP contribution in [0.5, 0.6) is 0 Å². The minimum Gasteiger partial charge on any atom is -0.370 e. The molecule has 1 aromatic heterocycles. The number of hydrogen-bond donors (Lipinski definition) is 0. The second-order valence-corrected chi connectivity index (χ2v) is 4.97. The van der Waals surface area contributed by atoms with E-state index in [1.165, 1.54) is 31.4 Å². The fourth-order valence-electron chi connectivity index (χ4n) is 1.64. The minimum absolute atomic E-state index is 1.06. The first kappa shape index (κ1) is 13.5. The van der Waals surface area contributed by atoms with E-state index in [4.69, 9.17) is 0 Å². The van der Waals surface area contributed by atoms with Gasteiger partial charge in [0.05, 0.1) is 11.9 Å². The van der Waals surface area contributed by atoms with Crippen LogP contribution in [0.15, 0.2) is 22.9 Å². The molecule has 1 rings (SSSR count). The van der Waals surface area contributed by atoms with Crippen molar-refractivity contribution in [3.8, 4) is 0 Å². The summed E-state index contributed by atoms with van der Waals surface area (Å²) < 4.78 is 1.06. The zero-order valence-electron chi connectivity index (χ0n) is 10.2. The number of pyridine rings is 1. The number of aromatic nitrogens is 1. The van der Waals surface area contributed by atoms with Gasteiger partial charge in [0.2, 0.25) is 0 Å². The molecule has 16 heavy (non-hydrogen) atoms. The average molecular weight is 285 g/mol. The molecule has 0 unspecified atom stereocenters. The summed E-state index contributed by atoms with van der Waals surface area (Å²) in [5, 5.41) is 0. The highest BCUT2D eigenvalue weighted by Gasteiger charge is 2.05. The Bertz CT molecular complexity index is 294. The normalized spacial score (nSPS) is 10.4. The lowest BCUT2D eigenvalue weighted by molar-refractivity contribution is 0.677. The predicted octanol–water partition coefficient (Wildman–Crippen LogP) is 4.25. The average Bonchev–Trinajstić information content (AvgIpc) is 2.29. The number of hydrogen-bond acceptors (Lipinski definition) is 2. The Kier molecular flexibility index (Phi) is 6.46. The van der Waals surface area contributed by atoms with Crippen molar-refractivity contribution in [1.82, 2.24) is 4.98 Å². The maximum absolute atomic E-state index is 4.23. The third-order valence-electron chi connectivity index (χ3n) is 2.62. The molecule has 0 aliphatic heterocycles. The van der Waals surface area contributed by atoms with Crippen molar-refractivity contribution in [3.63, 3.8) is 0 Å². The topological polar surface area (TPSA) is 16.1 Å². The van der Waals surface area contributed by atoms with Gasteiger partial charge in [-0.1, -0.05) is 26.7 Å². The Morgan fingerprint density at radius 1 is 1.12 bits per heavy atom. The smallest absolute Gasteiger partial charge is 0.0564 e. The standard InChI is InChI=1S/C13H21BrN2/c1-3-5-7-16(8-6-4-2)13-9-12(14)10-15-11-13/h9-11H,3-8H2,1-2H3. The molecule has 1 heterocycles. The van der Waals surface area contributed by atoms with Gasteiger partial charge in [0, 0.05) is 23.8 Å². The Labute approximate surface area is 107 Å². The summed E-state index contributed by atoms with van der Waals surface area (Å²) >= 11 is 3.48. The summed E-state index contributed by atoms with van der Waals surface area (Å²) in [6, 6.07) is 2.15. The minimum atomic E-state index is 1.06. The van der Waals surface area contributed by atoms with Crippen LogP contribution < -0.4 is 4.90 Å². The number of rotatable bonds is 7. The molecule has 0 saturated carbocycles. The molecule has 2 nitrogen and oxygen atoms in total. The Hall–Kier alpha value is -0.570. The highest BCUT2D eigenvalue weighted by atomic mass is 79.9. The monoisotopic (exact) mass is 284 g/mol. The number of nitrogens with zero attached hydrogens (tertiary/aromatic N) is 2. The molecule has 0 radical (unpaired) electrons. The van der Waals surface area contributed by atoms with E-state index in [2.05, 4.69) is 45.7 Å². The molecule has 3 heteroatoms. The Balaban J connectivity index is 2.66. The zero-order chi connectivity index (χ0) is 11.8. The summed E-state index contributed by atoms with van der Waals surface area (Å²) in [6.45, 7) is 6.73. The lowest BCUT2D eigenvalue weighted by Gasteiger charge is -2.24. The summed E-state index contributed by atoms with van der Waals surface area (Å²) in [4.78, 5) is 6.67. The van der Waals surface area contributed by atoms with E-state index in [1.807, 2.05) is 12.4 Å². The van der Waals surface area contributed by atoms with E-state index in [0.29, 0.717) is 0 Å². The number of anilines is 1. The fourth-order valence-corrected chi connectivity index (χ4v) is 1.99. The van der Waals surface area contributed by atoms with Crippen molar-refractivity contribution in [2.45, 2.75) is 39.5 Å². The summed E-state index contributed by atoms with van der Waals surface area (Å²) in [6.07, 6.45) is 8.76. The quantitative estimate of drug-likeness (QED) is 0.744. The largest absolute Gasteiger partial charge is 0.370 e. The fraction of sp³-hybridized carbons (Fsp3) is 0.615. The van der Waals surface area contributed by atoms with E-state index in [9.17, 15) is 0 Å². The summed E-state index contributed by atoms with van der Waals surface area (Å²) in [5.41, 5.74) is 1.23. The van der Waals surface area contributed by atoms with Gasteiger partial charge in [0.15, 0.2) is 0 Å². The van der Waals surface area contributed by atoms with Crippen LogP contribution in [0.25, 0.3) is 0 Å². The van der Waals surface area contributed by atoms with Gasteiger partial charge < -0.3 is 4.90 Å². The van der Waals surface area contributed by atoms with Crippen LogP contribution in [-0.4, -0.2) is 18.1 Å². The van der Waals surface area contributed by atoms with Crippen LogP contribution in [0.1, 0.15) is 39.5 Å². The maximum atomic E-state index is 4.23. The zero-order valence-corrected chi connectivity index (χ0v) is 11.8. The van der Waals surface area contributed by atoms with Gasteiger partial charge in [-0.3, -0.25) is 4.98 Å². The Morgan fingerprint density at radius 3 is 2.25 bits per heavy atom. The molecule has 90 valence electrons. The molecular formula is C13H21BrN2. The third kappa shape index (κ3) is 4.52. The molecule has 0 aromatic carbocycles. The van der Waals surface area contributed by atoms with E-state index in [1.54, 1.807) is 0 Å². The molecule has 0 fully saturated rings. The van der Waals surface area contributed by atoms with Gasteiger partial charge >= 0.3 is 0 Å². The second-order valence-electron chi connectivity index (χ2n) is 4.06. The number of halogens is 1. The summed E-state index contributed by atoms with van der Waals surface area (Å²) in [7, 11) is 0. The van der Waals surface area contributed by atoms with E-state index < -0.39 is 0 Å². The van der Waals surface area contributed by atoms with E-state index in [0.717, 1.165) is 17.6 Å². The van der Waals surface area contributed by atoms with Gasteiger partial charge in [-0.2, -0.15) is 0 Å². The molecule has 0 amide bonds. The molecule has 0 aliphatic carbocycles. The second kappa shape index (κ2) is 7.66. The van der Waals surface area contributed by atoms with Crippen LogP contribution in [0.4, 0.5) is 5.69 Å². The molecule has 0 saturated heterocycles. The van der Waals surface area contributed by atoms with Gasteiger partial charge in [-0.25, -0.2) is 0 Å². The predicted molar refractivity (Wildman–Crippen MR) is 74.0 cm³/mol. The van der Waals surface area contributed by atoms with Crippen LogP contribution >= 0.6 is 15.9 Å². The van der Waals surface area contributed by atoms with E-state index >= 15 is 0 Å². The SMILES string of the molecule is CCCCN(CCCC)c1cncc(Br)c1. The molecular weight excluding hydrogens is 264 g/mol. The van der Waals surface area contributed by atoms with Crippen LogP contribution in [-0.2, 0) is 0 Å². The van der Waals surface area contributed by atoms with Crippen LogP contribution in [0.3, 0.4) is 0 Å². The molecule has 0 spiro atoms. The van der Waals surface area contributed by atoms with Gasteiger partial charge in [0.1, 0.15) is 0 Å². The first-order valence-electron chi connectivity index (χ1n) is 6.13. The molecule has 1 aromatic rings. The van der Waals surface area contributed by atoms with Crippen molar-refractivity contribution in [2.24, 2.45) is 0 Å². The van der Waals surface area contributed by atoms with Crippen LogP contribution in [0.2, 0.25) is 0 Å². The Morgan fingerprint density at radius 2 is 1.75 bits per heavy atom. The molecule has 0 atom stereocenters. The molecule has 0 aliphatic rings. The van der Waals surface area contributed by atoms with Gasteiger partial charge in [-0.05, 0) is 34.8 Å². The van der Waals surface area contributed by atoms with Crippen molar-refractivity contribution in [1.29, 1.82) is 0 Å². The van der Waals surface area contributed by atoms with Gasteiger partial charge in [0.25, 0.3) is 0 Å². The van der Waals surface area contributed by atoms with Crippen molar-refractivity contribution < 1.29 is 0 Å².